The summed E-state index contributed by atoms with van der Waals surface area (Å²) in [5, 5.41) is 2.67. The van der Waals surface area contributed by atoms with Gasteiger partial charge in [-0.25, -0.2) is 4.39 Å². The smallest absolute Gasteiger partial charge is 0.227 e. The fraction of sp³-hybridized carbons (Fsp3) is 0.500. The number of hydrogen-bond donors (Lipinski definition) is 2. The number of nitrogens with two attached hydrogens (primary N) is 1. The maximum absolute atomic E-state index is 13.6. The third kappa shape index (κ3) is 3.22. The number of nitrogen functional groups attached to an aromatic ring is 1. The predicted octanol–water partition coefficient (Wildman–Crippen LogP) is 3.32. The Morgan fingerprint density at radius 3 is 2.50 bits per heavy atom. The number of carbonyl (C=O) groups is 1. The van der Waals surface area contributed by atoms with Crippen molar-refractivity contribution in [3.8, 4) is 0 Å². The lowest BCUT2D eigenvalue weighted by atomic mass is 9.99. The molecule has 0 bridgehead atoms. The standard InChI is InChI=1S/C14H19FN2O/c15-12-9-11(16)7-8-13(12)17-14(18)10-5-3-1-2-4-6-10/h7-10H,1-6,16H2,(H,17,18). The number of amides is 1. The molecule has 0 heterocycles. The summed E-state index contributed by atoms with van der Waals surface area (Å²) >= 11 is 0. The second-order valence-electron chi connectivity index (χ2n) is 4.92. The third-order valence-corrected chi connectivity index (χ3v) is 3.48. The van der Waals surface area contributed by atoms with Crippen LogP contribution in [0.4, 0.5) is 15.8 Å². The zero-order valence-corrected chi connectivity index (χ0v) is 10.4. The lowest BCUT2D eigenvalue weighted by molar-refractivity contribution is -0.120. The van der Waals surface area contributed by atoms with Gasteiger partial charge in [0.1, 0.15) is 5.82 Å². The van der Waals surface area contributed by atoms with Gasteiger partial charge in [0.15, 0.2) is 0 Å². The Labute approximate surface area is 107 Å². The number of nitrogens with one attached hydrogen (secondary N) is 1. The minimum absolute atomic E-state index is 0.0180. The van der Waals surface area contributed by atoms with Crippen LogP contribution in [-0.2, 0) is 4.79 Å². The van der Waals surface area contributed by atoms with Crippen LogP contribution >= 0.6 is 0 Å². The maximum Gasteiger partial charge on any atom is 0.227 e. The van der Waals surface area contributed by atoms with Crippen molar-refractivity contribution in [3.63, 3.8) is 0 Å². The molecule has 1 aromatic rings. The molecule has 1 aliphatic rings. The van der Waals surface area contributed by atoms with Crippen molar-refractivity contribution in [2.24, 2.45) is 5.92 Å². The van der Waals surface area contributed by atoms with Crippen LogP contribution in [0.15, 0.2) is 18.2 Å². The minimum atomic E-state index is -0.475. The average Bonchev–Trinajstić information content (AvgIpc) is 2.61. The molecule has 98 valence electrons. The van der Waals surface area contributed by atoms with Crippen molar-refractivity contribution in [1.29, 1.82) is 0 Å². The van der Waals surface area contributed by atoms with Crippen molar-refractivity contribution in [3.05, 3.63) is 24.0 Å². The first-order valence-corrected chi connectivity index (χ1v) is 6.52. The molecule has 0 aliphatic heterocycles. The summed E-state index contributed by atoms with van der Waals surface area (Å²) in [4.78, 5) is 12.0. The van der Waals surface area contributed by atoms with Crippen LogP contribution in [0.1, 0.15) is 38.5 Å². The van der Waals surface area contributed by atoms with Gasteiger partial charge in [-0.15, -0.1) is 0 Å². The van der Waals surface area contributed by atoms with E-state index < -0.39 is 5.82 Å². The molecule has 0 radical (unpaired) electrons. The molecule has 3 nitrogen and oxygen atoms in total. The van der Waals surface area contributed by atoms with E-state index in [0.717, 1.165) is 25.7 Å². The SMILES string of the molecule is Nc1ccc(NC(=O)C2CCCCCC2)c(F)c1. The first-order chi connectivity index (χ1) is 8.66. The number of halogens is 1. The summed E-state index contributed by atoms with van der Waals surface area (Å²) < 4.78 is 13.6. The minimum Gasteiger partial charge on any atom is -0.399 e. The third-order valence-electron chi connectivity index (χ3n) is 3.48. The molecule has 2 rings (SSSR count). The van der Waals surface area contributed by atoms with Gasteiger partial charge >= 0.3 is 0 Å². The molecule has 1 fully saturated rings. The van der Waals surface area contributed by atoms with Crippen molar-refractivity contribution in [2.75, 3.05) is 11.1 Å². The van der Waals surface area contributed by atoms with Crippen LogP contribution in [-0.4, -0.2) is 5.91 Å². The maximum atomic E-state index is 13.6. The van der Waals surface area contributed by atoms with Crippen LogP contribution < -0.4 is 11.1 Å². The molecule has 18 heavy (non-hydrogen) atoms. The van der Waals surface area contributed by atoms with Crippen LogP contribution in [0.25, 0.3) is 0 Å². The van der Waals surface area contributed by atoms with Gasteiger partial charge < -0.3 is 11.1 Å². The molecule has 3 N–H and O–H groups in total. The molecule has 1 aliphatic carbocycles. The number of carbonyl (C=O) groups excluding carboxylic acids is 1. The van der Waals surface area contributed by atoms with Gasteiger partial charge in [-0.1, -0.05) is 25.7 Å². The molecule has 1 aromatic carbocycles. The molecule has 0 atom stereocenters. The molecule has 1 saturated carbocycles. The summed E-state index contributed by atoms with van der Waals surface area (Å²) in [5.41, 5.74) is 6.05. The first-order valence-electron chi connectivity index (χ1n) is 6.52. The zero-order chi connectivity index (χ0) is 13.0. The van der Waals surface area contributed by atoms with E-state index in [4.69, 9.17) is 5.73 Å². The summed E-state index contributed by atoms with van der Waals surface area (Å²) in [5.74, 6) is -0.526. The normalized spacial score (nSPS) is 17.2. The second kappa shape index (κ2) is 5.85. The van der Waals surface area contributed by atoms with Crippen LogP contribution in [0.2, 0.25) is 0 Å². The van der Waals surface area contributed by atoms with Crippen molar-refractivity contribution >= 4 is 17.3 Å². The molecule has 0 unspecified atom stereocenters. The van der Waals surface area contributed by atoms with Gasteiger partial charge in [0, 0.05) is 11.6 Å². The van der Waals surface area contributed by atoms with Crippen LogP contribution in [0, 0.1) is 11.7 Å². The summed E-state index contributed by atoms with van der Waals surface area (Å²) in [7, 11) is 0. The monoisotopic (exact) mass is 250 g/mol. The van der Waals surface area contributed by atoms with E-state index in [0.29, 0.717) is 5.69 Å². The molecule has 0 aromatic heterocycles. The first kappa shape index (κ1) is 12.9. The number of hydrogen-bond acceptors (Lipinski definition) is 2. The highest BCUT2D eigenvalue weighted by Crippen LogP contribution is 2.25. The van der Waals surface area contributed by atoms with Crippen molar-refractivity contribution in [1.82, 2.24) is 0 Å². The van der Waals surface area contributed by atoms with Gasteiger partial charge in [0.05, 0.1) is 5.69 Å². The van der Waals surface area contributed by atoms with Crippen molar-refractivity contribution < 1.29 is 9.18 Å². The molecular weight excluding hydrogens is 231 g/mol. The molecule has 0 saturated heterocycles. The second-order valence-corrected chi connectivity index (χ2v) is 4.92. The van der Waals surface area contributed by atoms with E-state index in [1.54, 1.807) is 6.07 Å². The van der Waals surface area contributed by atoms with E-state index >= 15 is 0 Å². The molecule has 1 amide bonds. The highest BCUT2D eigenvalue weighted by molar-refractivity contribution is 5.92. The lowest BCUT2D eigenvalue weighted by Gasteiger charge is -2.14. The average molecular weight is 250 g/mol. The molecule has 4 heteroatoms. The quantitative estimate of drug-likeness (QED) is 0.625. The number of benzene rings is 1. The number of anilines is 2. The van der Waals surface area contributed by atoms with E-state index in [1.807, 2.05) is 0 Å². The topological polar surface area (TPSA) is 55.1 Å². The Kier molecular flexibility index (Phi) is 4.18. The van der Waals surface area contributed by atoms with Gasteiger partial charge in [-0.05, 0) is 31.0 Å². The molecule has 0 spiro atoms. The largest absolute Gasteiger partial charge is 0.399 e. The van der Waals surface area contributed by atoms with E-state index in [-0.39, 0.29) is 17.5 Å². The molecular formula is C14H19FN2O. The predicted molar refractivity (Wildman–Crippen MR) is 70.6 cm³/mol. The van der Waals surface area contributed by atoms with Crippen LogP contribution in [0.3, 0.4) is 0 Å². The lowest BCUT2D eigenvalue weighted by Crippen LogP contribution is -2.22. The van der Waals surface area contributed by atoms with E-state index in [9.17, 15) is 9.18 Å². The summed E-state index contributed by atoms with van der Waals surface area (Å²) in [6, 6.07) is 4.33. The fourth-order valence-electron chi connectivity index (χ4n) is 2.41. The number of rotatable bonds is 2. The highest BCUT2D eigenvalue weighted by Gasteiger charge is 2.20. The van der Waals surface area contributed by atoms with Gasteiger partial charge in [-0.3, -0.25) is 4.79 Å². The summed E-state index contributed by atoms with van der Waals surface area (Å²) in [6.45, 7) is 0. The highest BCUT2D eigenvalue weighted by atomic mass is 19.1. The van der Waals surface area contributed by atoms with Gasteiger partial charge in [0.25, 0.3) is 0 Å². The van der Waals surface area contributed by atoms with E-state index in [2.05, 4.69) is 5.32 Å². The summed E-state index contributed by atoms with van der Waals surface area (Å²) in [6.07, 6.45) is 6.37. The Morgan fingerprint density at radius 1 is 1.22 bits per heavy atom. The van der Waals surface area contributed by atoms with Crippen molar-refractivity contribution in [2.45, 2.75) is 38.5 Å². The fourth-order valence-corrected chi connectivity index (χ4v) is 2.41. The van der Waals surface area contributed by atoms with Crippen LogP contribution in [0.5, 0.6) is 0 Å². The Bertz CT molecular complexity index is 426. The Balaban J connectivity index is 2.01. The van der Waals surface area contributed by atoms with Gasteiger partial charge in [-0.2, -0.15) is 0 Å². The zero-order valence-electron chi connectivity index (χ0n) is 10.4. The Hall–Kier alpha value is -1.58. The Morgan fingerprint density at radius 2 is 1.89 bits per heavy atom. The van der Waals surface area contributed by atoms with E-state index in [1.165, 1.54) is 25.0 Å². The van der Waals surface area contributed by atoms with Gasteiger partial charge in [0.2, 0.25) is 5.91 Å².